The Labute approximate surface area is 133 Å². The number of fused-ring (bicyclic) bond motifs is 1. The number of aromatic nitrogens is 2. The van der Waals surface area contributed by atoms with Crippen LogP contribution in [0.1, 0.15) is 6.42 Å². The van der Waals surface area contributed by atoms with Crippen LogP contribution in [0.3, 0.4) is 0 Å². The quantitative estimate of drug-likeness (QED) is 0.789. The molecule has 8 heteroatoms. The molecule has 7 nitrogen and oxygen atoms in total. The Bertz CT molecular complexity index is 579. The van der Waals surface area contributed by atoms with E-state index >= 15 is 0 Å². The van der Waals surface area contributed by atoms with Gasteiger partial charge in [-0.15, -0.1) is 0 Å². The Morgan fingerprint density at radius 1 is 1.26 bits per heavy atom. The van der Waals surface area contributed by atoms with Crippen LogP contribution in [0.15, 0.2) is 12.4 Å². The largest absolute Gasteiger partial charge is 0.380 e. The summed E-state index contributed by atoms with van der Waals surface area (Å²) < 4.78 is 18.6. The first-order valence-corrected chi connectivity index (χ1v) is 7.97. The van der Waals surface area contributed by atoms with Crippen LogP contribution in [0.4, 0.5) is 10.3 Å². The van der Waals surface area contributed by atoms with Gasteiger partial charge in [0.2, 0.25) is 5.95 Å². The predicted octanol–water partition coefficient (Wildman–Crippen LogP) is 0.478. The minimum absolute atomic E-state index is 0.0130. The molecule has 0 aromatic carbocycles. The molecule has 3 aliphatic rings. The highest BCUT2D eigenvalue weighted by atomic mass is 19.1. The number of amides is 1. The van der Waals surface area contributed by atoms with Crippen LogP contribution >= 0.6 is 0 Å². The van der Waals surface area contributed by atoms with Crippen molar-refractivity contribution in [3.63, 3.8) is 0 Å². The highest BCUT2D eigenvalue weighted by Crippen LogP contribution is 2.36. The molecule has 4 rings (SSSR count). The van der Waals surface area contributed by atoms with E-state index in [9.17, 15) is 9.18 Å². The number of hydroxylamine groups is 2. The highest BCUT2D eigenvalue weighted by molar-refractivity contribution is 5.78. The van der Waals surface area contributed by atoms with E-state index in [1.807, 2.05) is 4.90 Å². The van der Waals surface area contributed by atoms with E-state index in [1.54, 1.807) is 0 Å². The average Bonchev–Trinajstić information content (AvgIpc) is 3.24. The minimum Gasteiger partial charge on any atom is -0.380 e. The number of ether oxygens (including phenoxy) is 1. The first-order chi connectivity index (χ1) is 11.2. The van der Waals surface area contributed by atoms with Gasteiger partial charge in [-0.25, -0.2) is 19.4 Å². The van der Waals surface area contributed by atoms with Crippen molar-refractivity contribution in [2.45, 2.75) is 6.42 Å². The SMILES string of the molecule is O=C([C@H]1COC[C@H]2CN(c3ncc(F)cn3)C[C@H]21)N1CCCO1. The second kappa shape index (κ2) is 6.01. The third kappa shape index (κ3) is 2.76. The summed E-state index contributed by atoms with van der Waals surface area (Å²) in [6.45, 7) is 3.72. The van der Waals surface area contributed by atoms with E-state index in [-0.39, 0.29) is 23.7 Å². The number of halogens is 1. The average molecular weight is 322 g/mol. The van der Waals surface area contributed by atoms with Crippen molar-refractivity contribution in [1.82, 2.24) is 15.0 Å². The lowest BCUT2D eigenvalue weighted by Crippen LogP contribution is -2.45. The molecule has 0 unspecified atom stereocenters. The molecule has 4 heterocycles. The van der Waals surface area contributed by atoms with E-state index < -0.39 is 5.82 Å². The molecule has 1 aromatic rings. The van der Waals surface area contributed by atoms with Crippen LogP contribution in [-0.2, 0) is 14.4 Å². The summed E-state index contributed by atoms with van der Waals surface area (Å²) in [4.78, 5) is 28.1. The third-order valence-electron chi connectivity index (χ3n) is 4.84. The summed E-state index contributed by atoms with van der Waals surface area (Å²) in [6.07, 6.45) is 3.21. The summed E-state index contributed by atoms with van der Waals surface area (Å²) >= 11 is 0. The topological polar surface area (TPSA) is 67.8 Å². The van der Waals surface area contributed by atoms with Gasteiger partial charge in [0, 0.05) is 19.0 Å². The summed E-state index contributed by atoms with van der Waals surface area (Å²) in [5.41, 5.74) is 0. The number of rotatable bonds is 2. The number of nitrogens with zero attached hydrogens (tertiary/aromatic N) is 4. The zero-order chi connectivity index (χ0) is 15.8. The van der Waals surface area contributed by atoms with Gasteiger partial charge in [0.25, 0.3) is 5.91 Å². The standard InChI is InChI=1S/C15H19FN4O3/c16-11-4-17-15(18-5-11)19-6-10-8-22-9-13(12(10)7-19)14(21)20-2-1-3-23-20/h4-5,10,12-13H,1-3,6-9H2/t10-,12-,13+/m1/s1. The maximum absolute atomic E-state index is 13.0. The minimum atomic E-state index is -0.451. The Balaban J connectivity index is 1.49. The zero-order valence-electron chi connectivity index (χ0n) is 12.7. The Kier molecular flexibility index (Phi) is 3.86. The second-order valence-electron chi connectivity index (χ2n) is 6.30. The molecule has 124 valence electrons. The molecular formula is C15H19FN4O3. The monoisotopic (exact) mass is 322 g/mol. The smallest absolute Gasteiger partial charge is 0.251 e. The van der Waals surface area contributed by atoms with Crippen molar-refractivity contribution in [2.75, 3.05) is 44.4 Å². The third-order valence-corrected chi connectivity index (χ3v) is 4.84. The Morgan fingerprint density at radius 2 is 2.09 bits per heavy atom. The van der Waals surface area contributed by atoms with E-state index in [1.165, 1.54) is 17.5 Å². The second-order valence-corrected chi connectivity index (χ2v) is 6.30. The zero-order valence-corrected chi connectivity index (χ0v) is 12.7. The van der Waals surface area contributed by atoms with Crippen molar-refractivity contribution in [2.24, 2.45) is 17.8 Å². The fourth-order valence-corrected chi connectivity index (χ4v) is 3.69. The van der Waals surface area contributed by atoms with Crippen LogP contribution in [0.25, 0.3) is 0 Å². The van der Waals surface area contributed by atoms with Crippen molar-refractivity contribution in [3.8, 4) is 0 Å². The van der Waals surface area contributed by atoms with Gasteiger partial charge in [0.15, 0.2) is 5.82 Å². The Morgan fingerprint density at radius 3 is 2.83 bits per heavy atom. The fraction of sp³-hybridized carbons (Fsp3) is 0.667. The summed E-state index contributed by atoms with van der Waals surface area (Å²) in [6, 6.07) is 0. The molecule has 3 fully saturated rings. The van der Waals surface area contributed by atoms with Gasteiger partial charge < -0.3 is 9.64 Å². The van der Waals surface area contributed by atoms with E-state index in [0.717, 1.165) is 13.0 Å². The van der Waals surface area contributed by atoms with Gasteiger partial charge in [-0.2, -0.15) is 0 Å². The molecule has 1 aromatic heterocycles. The van der Waals surface area contributed by atoms with Crippen molar-refractivity contribution < 1.29 is 18.8 Å². The van der Waals surface area contributed by atoms with Gasteiger partial charge in [0.1, 0.15) is 0 Å². The maximum atomic E-state index is 13.0. The number of anilines is 1. The molecule has 0 saturated carbocycles. The molecule has 23 heavy (non-hydrogen) atoms. The number of hydrogen-bond donors (Lipinski definition) is 0. The molecule has 1 amide bonds. The lowest BCUT2D eigenvalue weighted by molar-refractivity contribution is -0.181. The van der Waals surface area contributed by atoms with E-state index in [2.05, 4.69) is 9.97 Å². The van der Waals surface area contributed by atoms with E-state index in [4.69, 9.17) is 9.57 Å². The van der Waals surface area contributed by atoms with Crippen LogP contribution in [-0.4, -0.2) is 60.4 Å². The fourth-order valence-electron chi connectivity index (χ4n) is 3.69. The van der Waals surface area contributed by atoms with Gasteiger partial charge in [-0.05, 0) is 12.3 Å². The van der Waals surface area contributed by atoms with Crippen molar-refractivity contribution >= 4 is 11.9 Å². The Hall–Kier alpha value is -1.80. The number of hydrogen-bond acceptors (Lipinski definition) is 6. The highest BCUT2D eigenvalue weighted by Gasteiger charge is 2.46. The lowest BCUT2D eigenvalue weighted by Gasteiger charge is -2.33. The maximum Gasteiger partial charge on any atom is 0.251 e. The van der Waals surface area contributed by atoms with Crippen molar-refractivity contribution in [3.05, 3.63) is 18.2 Å². The molecule has 0 aliphatic carbocycles. The van der Waals surface area contributed by atoms with Crippen LogP contribution < -0.4 is 4.90 Å². The molecule has 0 bridgehead atoms. The molecule has 0 radical (unpaired) electrons. The predicted molar refractivity (Wildman–Crippen MR) is 77.8 cm³/mol. The lowest BCUT2D eigenvalue weighted by atomic mass is 9.82. The van der Waals surface area contributed by atoms with Crippen LogP contribution in [0.2, 0.25) is 0 Å². The van der Waals surface area contributed by atoms with Crippen LogP contribution in [0.5, 0.6) is 0 Å². The first kappa shape index (κ1) is 14.8. The van der Waals surface area contributed by atoms with E-state index in [0.29, 0.717) is 38.9 Å². The normalized spacial score (nSPS) is 30.6. The van der Waals surface area contributed by atoms with Crippen LogP contribution in [0, 0.1) is 23.6 Å². The number of carbonyl (C=O) groups excluding carboxylic acids is 1. The summed E-state index contributed by atoms with van der Waals surface area (Å²) in [5.74, 6) is 0.316. The van der Waals surface area contributed by atoms with Gasteiger partial charge in [-0.3, -0.25) is 9.63 Å². The summed E-state index contributed by atoms with van der Waals surface area (Å²) in [5, 5.41) is 1.48. The van der Waals surface area contributed by atoms with Crippen molar-refractivity contribution in [1.29, 1.82) is 0 Å². The first-order valence-electron chi connectivity index (χ1n) is 7.97. The summed E-state index contributed by atoms with van der Waals surface area (Å²) in [7, 11) is 0. The molecule has 3 aliphatic heterocycles. The molecule has 3 atom stereocenters. The molecule has 0 spiro atoms. The van der Waals surface area contributed by atoms with Gasteiger partial charge in [0.05, 0.1) is 44.7 Å². The van der Waals surface area contributed by atoms with Gasteiger partial charge >= 0.3 is 0 Å². The molecular weight excluding hydrogens is 303 g/mol. The number of carbonyl (C=O) groups is 1. The molecule has 0 N–H and O–H groups in total. The molecule has 3 saturated heterocycles. The van der Waals surface area contributed by atoms with Gasteiger partial charge in [-0.1, -0.05) is 0 Å².